The van der Waals surface area contributed by atoms with Crippen molar-refractivity contribution >= 4 is 11.6 Å². The molecule has 3 heteroatoms. The van der Waals surface area contributed by atoms with Crippen molar-refractivity contribution < 1.29 is 4.79 Å². The third-order valence-corrected chi connectivity index (χ3v) is 5.26. The van der Waals surface area contributed by atoms with Gasteiger partial charge in [0, 0.05) is 24.8 Å². The number of rotatable bonds is 2. The number of carbonyl (C=O) groups is 1. The summed E-state index contributed by atoms with van der Waals surface area (Å²) in [5.41, 5.74) is 2.47. The van der Waals surface area contributed by atoms with Crippen LogP contribution in [0.2, 0.25) is 0 Å². The molecule has 21 heavy (non-hydrogen) atoms. The summed E-state index contributed by atoms with van der Waals surface area (Å²) in [6, 6.07) is 8.58. The third-order valence-electron chi connectivity index (χ3n) is 5.26. The molecule has 0 spiro atoms. The van der Waals surface area contributed by atoms with Gasteiger partial charge in [-0.1, -0.05) is 31.5 Å². The number of hydrogen-bond acceptors (Lipinski definition) is 2. The van der Waals surface area contributed by atoms with Crippen molar-refractivity contribution in [2.24, 2.45) is 11.8 Å². The lowest BCUT2D eigenvalue weighted by Crippen LogP contribution is -2.48. The number of anilines is 1. The molecule has 0 aliphatic carbocycles. The molecule has 2 aliphatic heterocycles. The SMILES string of the molecule is CCC1CCN(C(=O)C2Cc3ccccc3NC2C)CC1. The van der Waals surface area contributed by atoms with Gasteiger partial charge in [-0.3, -0.25) is 4.79 Å². The summed E-state index contributed by atoms with van der Waals surface area (Å²) in [4.78, 5) is 15.0. The molecule has 2 aliphatic rings. The zero-order chi connectivity index (χ0) is 14.8. The average Bonchev–Trinajstić information content (AvgIpc) is 2.53. The van der Waals surface area contributed by atoms with E-state index < -0.39 is 0 Å². The maximum atomic E-state index is 12.9. The van der Waals surface area contributed by atoms with Gasteiger partial charge in [-0.2, -0.15) is 0 Å². The molecule has 0 aromatic heterocycles. The van der Waals surface area contributed by atoms with Crippen LogP contribution >= 0.6 is 0 Å². The van der Waals surface area contributed by atoms with E-state index >= 15 is 0 Å². The summed E-state index contributed by atoms with van der Waals surface area (Å²) in [5, 5.41) is 3.50. The summed E-state index contributed by atoms with van der Waals surface area (Å²) in [7, 11) is 0. The Morgan fingerprint density at radius 2 is 2.00 bits per heavy atom. The first kappa shape index (κ1) is 14.4. The number of nitrogens with one attached hydrogen (secondary N) is 1. The molecule has 0 radical (unpaired) electrons. The highest BCUT2D eigenvalue weighted by molar-refractivity contribution is 5.81. The van der Waals surface area contributed by atoms with Crippen LogP contribution in [-0.4, -0.2) is 29.9 Å². The van der Waals surface area contributed by atoms with Crippen LogP contribution < -0.4 is 5.32 Å². The summed E-state index contributed by atoms with van der Waals surface area (Å²) >= 11 is 0. The third kappa shape index (κ3) is 2.92. The molecule has 1 saturated heterocycles. The second kappa shape index (κ2) is 6.08. The maximum Gasteiger partial charge on any atom is 0.228 e. The van der Waals surface area contributed by atoms with Crippen LogP contribution in [0, 0.1) is 11.8 Å². The predicted molar refractivity (Wildman–Crippen MR) is 86.3 cm³/mol. The second-order valence-electron chi connectivity index (χ2n) is 6.58. The number of carbonyl (C=O) groups excluding carboxylic acids is 1. The lowest BCUT2D eigenvalue weighted by Gasteiger charge is -2.38. The highest BCUT2D eigenvalue weighted by Gasteiger charge is 2.34. The quantitative estimate of drug-likeness (QED) is 0.904. The summed E-state index contributed by atoms with van der Waals surface area (Å²) in [6.07, 6.45) is 4.47. The molecule has 1 aromatic rings. The van der Waals surface area contributed by atoms with E-state index in [9.17, 15) is 4.79 Å². The smallest absolute Gasteiger partial charge is 0.228 e. The molecule has 1 amide bonds. The topological polar surface area (TPSA) is 32.3 Å². The van der Waals surface area contributed by atoms with E-state index in [1.807, 2.05) is 0 Å². The Hall–Kier alpha value is -1.51. The van der Waals surface area contributed by atoms with E-state index in [1.165, 1.54) is 30.5 Å². The number of amides is 1. The Morgan fingerprint density at radius 1 is 1.29 bits per heavy atom. The van der Waals surface area contributed by atoms with E-state index in [4.69, 9.17) is 0 Å². The normalized spacial score (nSPS) is 26.1. The first-order chi connectivity index (χ1) is 10.2. The minimum absolute atomic E-state index is 0.0816. The van der Waals surface area contributed by atoms with Gasteiger partial charge in [-0.05, 0) is 43.7 Å². The Morgan fingerprint density at radius 3 is 2.71 bits per heavy atom. The zero-order valence-corrected chi connectivity index (χ0v) is 13.1. The number of piperidine rings is 1. The highest BCUT2D eigenvalue weighted by atomic mass is 16.2. The van der Waals surface area contributed by atoms with E-state index in [0.29, 0.717) is 5.91 Å². The second-order valence-corrected chi connectivity index (χ2v) is 6.58. The Kier molecular flexibility index (Phi) is 4.18. The molecule has 1 N–H and O–H groups in total. The minimum atomic E-state index is 0.0816. The lowest BCUT2D eigenvalue weighted by molar-refractivity contribution is -0.137. The Balaban J connectivity index is 1.68. The van der Waals surface area contributed by atoms with Crippen molar-refractivity contribution in [2.75, 3.05) is 18.4 Å². The van der Waals surface area contributed by atoms with Crippen molar-refractivity contribution in [1.82, 2.24) is 4.90 Å². The van der Waals surface area contributed by atoms with Crippen LogP contribution in [0.5, 0.6) is 0 Å². The fourth-order valence-corrected chi connectivity index (χ4v) is 3.70. The fraction of sp³-hybridized carbons (Fsp3) is 0.611. The average molecular weight is 286 g/mol. The van der Waals surface area contributed by atoms with Gasteiger partial charge in [0.05, 0.1) is 5.92 Å². The predicted octanol–water partition coefficient (Wildman–Crippen LogP) is 3.31. The van der Waals surface area contributed by atoms with Gasteiger partial charge in [0.1, 0.15) is 0 Å². The molecule has 0 saturated carbocycles. The zero-order valence-electron chi connectivity index (χ0n) is 13.1. The van der Waals surface area contributed by atoms with E-state index in [2.05, 4.69) is 48.3 Å². The van der Waals surface area contributed by atoms with Gasteiger partial charge in [-0.15, -0.1) is 0 Å². The maximum absolute atomic E-state index is 12.9. The number of likely N-dealkylation sites (tertiary alicyclic amines) is 1. The van der Waals surface area contributed by atoms with Gasteiger partial charge in [-0.25, -0.2) is 0 Å². The van der Waals surface area contributed by atoms with Crippen molar-refractivity contribution in [1.29, 1.82) is 0 Å². The molecule has 3 rings (SSSR count). The molecule has 2 atom stereocenters. The van der Waals surface area contributed by atoms with Gasteiger partial charge in [0.2, 0.25) is 5.91 Å². The molecule has 3 nitrogen and oxygen atoms in total. The van der Waals surface area contributed by atoms with Crippen LogP contribution in [0.1, 0.15) is 38.7 Å². The summed E-state index contributed by atoms with van der Waals surface area (Å²) < 4.78 is 0. The van der Waals surface area contributed by atoms with Gasteiger partial charge >= 0.3 is 0 Å². The highest BCUT2D eigenvalue weighted by Crippen LogP contribution is 2.30. The van der Waals surface area contributed by atoms with Crippen LogP contribution in [0.15, 0.2) is 24.3 Å². The van der Waals surface area contributed by atoms with Crippen molar-refractivity contribution in [2.45, 2.75) is 45.6 Å². The first-order valence-electron chi connectivity index (χ1n) is 8.32. The molecule has 1 fully saturated rings. The number of hydrogen-bond donors (Lipinski definition) is 1. The largest absolute Gasteiger partial charge is 0.382 e. The van der Waals surface area contributed by atoms with Crippen LogP contribution in [0.4, 0.5) is 5.69 Å². The fourth-order valence-electron chi connectivity index (χ4n) is 3.70. The monoisotopic (exact) mass is 286 g/mol. The lowest BCUT2D eigenvalue weighted by atomic mass is 9.86. The van der Waals surface area contributed by atoms with Crippen molar-refractivity contribution in [3.8, 4) is 0 Å². The molecular formula is C18H26N2O. The number of nitrogens with zero attached hydrogens (tertiary/aromatic N) is 1. The molecular weight excluding hydrogens is 260 g/mol. The van der Waals surface area contributed by atoms with Crippen molar-refractivity contribution in [3.63, 3.8) is 0 Å². The van der Waals surface area contributed by atoms with Gasteiger partial charge < -0.3 is 10.2 Å². The van der Waals surface area contributed by atoms with Crippen LogP contribution in [0.3, 0.4) is 0 Å². The van der Waals surface area contributed by atoms with Gasteiger partial charge in [0.25, 0.3) is 0 Å². The number of para-hydroxylation sites is 1. The Bertz CT molecular complexity index is 506. The van der Waals surface area contributed by atoms with Crippen molar-refractivity contribution in [3.05, 3.63) is 29.8 Å². The molecule has 1 aromatic carbocycles. The minimum Gasteiger partial charge on any atom is -0.382 e. The molecule has 0 bridgehead atoms. The number of benzene rings is 1. The first-order valence-corrected chi connectivity index (χ1v) is 8.32. The molecule has 2 heterocycles. The number of fused-ring (bicyclic) bond motifs is 1. The van der Waals surface area contributed by atoms with Gasteiger partial charge in [0.15, 0.2) is 0 Å². The standard InChI is InChI=1S/C18H26N2O/c1-3-14-8-10-20(11-9-14)18(21)16-12-15-6-4-5-7-17(15)19-13(16)2/h4-7,13-14,16,19H,3,8-12H2,1-2H3. The van der Waals surface area contributed by atoms with E-state index in [-0.39, 0.29) is 12.0 Å². The summed E-state index contributed by atoms with van der Waals surface area (Å²) in [5.74, 6) is 1.24. The Labute approximate surface area is 127 Å². The molecule has 2 unspecified atom stereocenters. The summed E-state index contributed by atoms with van der Waals surface area (Å²) in [6.45, 7) is 6.29. The van der Waals surface area contributed by atoms with E-state index in [0.717, 1.165) is 25.4 Å². The van der Waals surface area contributed by atoms with E-state index in [1.54, 1.807) is 0 Å². The molecule has 114 valence electrons. The van der Waals surface area contributed by atoms with Crippen LogP contribution in [0.25, 0.3) is 0 Å². The van der Waals surface area contributed by atoms with Crippen LogP contribution in [-0.2, 0) is 11.2 Å².